The number of aromatic nitrogens is 2. The molecule has 0 spiro atoms. The first-order valence-electron chi connectivity index (χ1n) is 4.65. The Morgan fingerprint density at radius 3 is 2.81 bits per heavy atom. The molecule has 1 N–H and O–H groups in total. The van der Waals surface area contributed by atoms with Crippen LogP contribution in [0.25, 0.3) is 0 Å². The standard InChI is InChI=1S/C8H10N4O4/c1-10-4-6(12(15)16)7(9-10)11-2-5(3-11)8(13)14/h4-5H,2-3H2,1H3,(H,13,14). The quantitative estimate of drug-likeness (QED) is 0.568. The summed E-state index contributed by atoms with van der Waals surface area (Å²) in [6.45, 7) is 0.542. The van der Waals surface area contributed by atoms with Gasteiger partial charge in [0.1, 0.15) is 6.20 Å². The molecule has 1 aliphatic heterocycles. The molecule has 0 atom stereocenters. The fourth-order valence-corrected chi connectivity index (χ4v) is 1.63. The molecule has 1 aliphatic rings. The zero-order valence-corrected chi connectivity index (χ0v) is 8.53. The molecule has 0 unspecified atom stereocenters. The number of rotatable bonds is 3. The number of aryl methyl sites for hydroxylation is 1. The Balaban J connectivity index is 2.17. The lowest BCUT2D eigenvalue weighted by Gasteiger charge is -2.36. The van der Waals surface area contributed by atoms with Gasteiger partial charge in [0.15, 0.2) is 0 Å². The summed E-state index contributed by atoms with van der Waals surface area (Å²) in [4.78, 5) is 22.4. The first-order valence-corrected chi connectivity index (χ1v) is 4.65. The van der Waals surface area contributed by atoms with Crippen molar-refractivity contribution in [1.82, 2.24) is 9.78 Å². The fourth-order valence-electron chi connectivity index (χ4n) is 1.63. The van der Waals surface area contributed by atoms with Crippen LogP contribution in [0.4, 0.5) is 11.5 Å². The maximum Gasteiger partial charge on any atom is 0.330 e. The van der Waals surface area contributed by atoms with Gasteiger partial charge in [0.2, 0.25) is 5.82 Å². The third-order valence-corrected chi connectivity index (χ3v) is 2.52. The predicted octanol–water partition coefficient (Wildman–Crippen LogP) is -0.151. The van der Waals surface area contributed by atoms with Crippen molar-refractivity contribution in [2.24, 2.45) is 13.0 Å². The van der Waals surface area contributed by atoms with Crippen LogP contribution in [0.5, 0.6) is 0 Å². The van der Waals surface area contributed by atoms with Gasteiger partial charge in [-0.1, -0.05) is 0 Å². The van der Waals surface area contributed by atoms with E-state index < -0.39 is 16.8 Å². The van der Waals surface area contributed by atoms with Crippen molar-refractivity contribution >= 4 is 17.5 Å². The van der Waals surface area contributed by atoms with Crippen LogP contribution in [0.3, 0.4) is 0 Å². The van der Waals surface area contributed by atoms with E-state index in [1.807, 2.05) is 0 Å². The van der Waals surface area contributed by atoms with Gasteiger partial charge in [0.25, 0.3) is 0 Å². The summed E-state index contributed by atoms with van der Waals surface area (Å²) in [6, 6.07) is 0. The number of nitrogens with zero attached hydrogens (tertiary/aromatic N) is 4. The van der Waals surface area contributed by atoms with Crippen LogP contribution in [0.15, 0.2) is 6.20 Å². The lowest BCUT2D eigenvalue weighted by atomic mass is 10.0. The minimum absolute atomic E-state index is 0.0914. The van der Waals surface area contributed by atoms with Gasteiger partial charge < -0.3 is 10.0 Å². The normalized spacial score (nSPS) is 15.9. The van der Waals surface area contributed by atoms with Gasteiger partial charge in [-0.3, -0.25) is 19.6 Å². The number of nitro groups is 1. The van der Waals surface area contributed by atoms with Gasteiger partial charge in [0.05, 0.1) is 10.8 Å². The summed E-state index contributed by atoms with van der Waals surface area (Å²) in [5.41, 5.74) is -0.0914. The average molecular weight is 226 g/mol. The van der Waals surface area contributed by atoms with E-state index in [1.54, 1.807) is 11.9 Å². The summed E-state index contributed by atoms with van der Waals surface area (Å²) >= 11 is 0. The van der Waals surface area contributed by atoms with E-state index in [9.17, 15) is 14.9 Å². The fraction of sp³-hybridized carbons (Fsp3) is 0.500. The Labute approximate surface area is 90.2 Å². The van der Waals surface area contributed by atoms with Crippen LogP contribution >= 0.6 is 0 Å². The van der Waals surface area contributed by atoms with E-state index in [-0.39, 0.29) is 24.6 Å². The second kappa shape index (κ2) is 3.47. The van der Waals surface area contributed by atoms with Gasteiger partial charge in [-0.05, 0) is 0 Å². The first-order chi connectivity index (χ1) is 7.49. The van der Waals surface area contributed by atoms with Crippen LogP contribution in [-0.2, 0) is 11.8 Å². The van der Waals surface area contributed by atoms with Gasteiger partial charge in [0, 0.05) is 20.1 Å². The Kier molecular flexibility index (Phi) is 2.26. The van der Waals surface area contributed by atoms with Crippen molar-refractivity contribution < 1.29 is 14.8 Å². The first kappa shape index (κ1) is 10.4. The summed E-state index contributed by atoms with van der Waals surface area (Å²) in [6.07, 6.45) is 1.31. The van der Waals surface area contributed by atoms with E-state index in [2.05, 4.69) is 5.10 Å². The monoisotopic (exact) mass is 226 g/mol. The molecule has 1 aromatic heterocycles. The minimum Gasteiger partial charge on any atom is -0.481 e. The summed E-state index contributed by atoms with van der Waals surface area (Å²) in [5, 5.41) is 23.4. The van der Waals surface area contributed by atoms with Gasteiger partial charge in [-0.25, -0.2) is 0 Å². The number of carboxylic acids is 1. The second-order valence-corrected chi connectivity index (χ2v) is 3.71. The van der Waals surface area contributed by atoms with Gasteiger partial charge in [-0.15, -0.1) is 5.10 Å². The molecule has 86 valence electrons. The SMILES string of the molecule is Cn1cc([N+](=O)[O-])c(N2CC(C(=O)O)C2)n1. The lowest BCUT2D eigenvalue weighted by Crippen LogP contribution is -2.50. The molecular formula is C8H10N4O4. The molecule has 2 rings (SSSR count). The highest BCUT2D eigenvalue weighted by atomic mass is 16.6. The molecule has 16 heavy (non-hydrogen) atoms. The zero-order valence-electron chi connectivity index (χ0n) is 8.53. The number of aliphatic carboxylic acids is 1. The van der Waals surface area contributed by atoms with Crippen molar-refractivity contribution in [3.63, 3.8) is 0 Å². The molecule has 1 saturated heterocycles. The maximum absolute atomic E-state index is 10.7. The van der Waals surface area contributed by atoms with E-state index in [1.165, 1.54) is 10.9 Å². The molecular weight excluding hydrogens is 216 g/mol. The highest BCUT2D eigenvalue weighted by Crippen LogP contribution is 2.31. The van der Waals surface area contributed by atoms with Crippen LogP contribution in [0.2, 0.25) is 0 Å². The Morgan fingerprint density at radius 1 is 1.69 bits per heavy atom. The second-order valence-electron chi connectivity index (χ2n) is 3.71. The third-order valence-electron chi connectivity index (χ3n) is 2.52. The van der Waals surface area contributed by atoms with Crippen molar-refractivity contribution in [3.8, 4) is 0 Å². The zero-order chi connectivity index (χ0) is 11.9. The Bertz CT molecular complexity index is 449. The Hall–Kier alpha value is -2.12. The Morgan fingerprint density at radius 2 is 2.31 bits per heavy atom. The van der Waals surface area contributed by atoms with Crippen molar-refractivity contribution in [2.75, 3.05) is 18.0 Å². The topological polar surface area (TPSA) is 102 Å². The molecule has 8 heteroatoms. The molecule has 2 heterocycles. The minimum atomic E-state index is -0.880. The highest BCUT2D eigenvalue weighted by Gasteiger charge is 2.37. The molecule has 0 bridgehead atoms. The van der Waals surface area contributed by atoms with E-state index >= 15 is 0 Å². The number of carboxylic acid groups (broad SMARTS) is 1. The lowest BCUT2D eigenvalue weighted by molar-refractivity contribution is -0.384. The summed E-state index contributed by atoms with van der Waals surface area (Å²) in [5.74, 6) is -1.10. The van der Waals surface area contributed by atoms with Gasteiger partial charge in [-0.2, -0.15) is 0 Å². The van der Waals surface area contributed by atoms with Crippen LogP contribution in [0, 0.1) is 16.0 Å². The molecule has 1 fully saturated rings. The van der Waals surface area contributed by atoms with Crippen molar-refractivity contribution in [1.29, 1.82) is 0 Å². The summed E-state index contributed by atoms with van der Waals surface area (Å²) < 4.78 is 1.35. The molecule has 0 radical (unpaired) electrons. The summed E-state index contributed by atoms with van der Waals surface area (Å²) in [7, 11) is 1.59. The smallest absolute Gasteiger partial charge is 0.330 e. The van der Waals surface area contributed by atoms with Crippen molar-refractivity contribution in [3.05, 3.63) is 16.3 Å². The highest BCUT2D eigenvalue weighted by molar-refractivity contribution is 5.75. The van der Waals surface area contributed by atoms with E-state index in [0.29, 0.717) is 0 Å². The van der Waals surface area contributed by atoms with Crippen molar-refractivity contribution in [2.45, 2.75) is 0 Å². The molecule has 0 saturated carbocycles. The van der Waals surface area contributed by atoms with Crippen LogP contribution in [-0.4, -0.2) is 38.9 Å². The van der Waals surface area contributed by atoms with Gasteiger partial charge >= 0.3 is 11.7 Å². The molecule has 0 aliphatic carbocycles. The van der Waals surface area contributed by atoms with Crippen LogP contribution < -0.4 is 4.90 Å². The number of hydrogen-bond acceptors (Lipinski definition) is 5. The number of anilines is 1. The van der Waals surface area contributed by atoms with E-state index in [0.717, 1.165) is 0 Å². The maximum atomic E-state index is 10.7. The molecule has 0 amide bonds. The number of carbonyl (C=O) groups is 1. The largest absolute Gasteiger partial charge is 0.481 e. The predicted molar refractivity (Wildman–Crippen MR) is 53.2 cm³/mol. The molecule has 0 aromatic carbocycles. The third kappa shape index (κ3) is 1.58. The van der Waals surface area contributed by atoms with E-state index in [4.69, 9.17) is 5.11 Å². The number of hydrogen-bond donors (Lipinski definition) is 1. The average Bonchev–Trinajstić information content (AvgIpc) is 2.43. The van der Waals surface area contributed by atoms with Crippen LogP contribution in [0.1, 0.15) is 0 Å². The molecule has 1 aromatic rings. The molecule has 8 nitrogen and oxygen atoms in total.